The van der Waals surface area contributed by atoms with Crippen molar-refractivity contribution in [2.24, 2.45) is 17.1 Å². The molecule has 2 atom stereocenters. The van der Waals surface area contributed by atoms with Gasteiger partial charge < -0.3 is 15.7 Å². The Morgan fingerprint density at radius 1 is 1.58 bits per heavy atom. The third-order valence-corrected chi connectivity index (χ3v) is 2.91. The van der Waals surface area contributed by atoms with Crippen molar-refractivity contribution in [1.29, 1.82) is 0 Å². The molecule has 0 bridgehead atoms. The van der Waals surface area contributed by atoms with E-state index in [1.54, 1.807) is 0 Å². The molecule has 0 spiro atoms. The van der Waals surface area contributed by atoms with Crippen LogP contribution in [0.4, 0.5) is 4.79 Å². The first-order valence-electron chi connectivity index (χ1n) is 3.84. The number of fused-ring (bicyclic) bond motifs is 1. The summed E-state index contributed by atoms with van der Waals surface area (Å²) in [5, 5.41) is 8.62. The van der Waals surface area contributed by atoms with Gasteiger partial charge >= 0.3 is 6.09 Å². The van der Waals surface area contributed by atoms with Gasteiger partial charge in [-0.05, 0) is 12.3 Å². The second-order valence-corrected chi connectivity index (χ2v) is 3.58. The van der Waals surface area contributed by atoms with Crippen LogP contribution in [0.1, 0.15) is 6.42 Å². The number of hydrogen-bond donors (Lipinski definition) is 2. The highest BCUT2D eigenvalue weighted by molar-refractivity contribution is 5.86. The molecule has 12 heavy (non-hydrogen) atoms. The van der Waals surface area contributed by atoms with E-state index in [-0.39, 0.29) is 11.8 Å². The number of carboxylic acid groups (broad SMARTS) is 1. The van der Waals surface area contributed by atoms with Crippen molar-refractivity contribution in [2.45, 2.75) is 6.42 Å². The predicted molar refractivity (Wildman–Crippen MR) is 39.3 cm³/mol. The molecule has 1 aliphatic heterocycles. The molecule has 3 N–H and O–H groups in total. The Bertz CT molecular complexity index is 265. The average molecular weight is 170 g/mol. The summed E-state index contributed by atoms with van der Waals surface area (Å²) in [5.41, 5.74) is 4.68. The summed E-state index contributed by atoms with van der Waals surface area (Å²) < 4.78 is 0. The summed E-state index contributed by atoms with van der Waals surface area (Å²) in [6, 6.07) is 0. The fraction of sp³-hybridized carbons (Fsp3) is 0.714. The normalized spacial score (nSPS) is 37.7. The molecule has 2 amide bonds. The van der Waals surface area contributed by atoms with Gasteiger partial charge in [0.25, 0.3) is 0 Å². The van der Waals surface area contributed by atoms with Crippen molar-refractivity contribution in [3.8, 4) is 0 Å². The fourth-order valence-corrected chi connectivity index (χ4v) is 2.01. The van der Waals surface area contributed by atoms with Crippen LogP contribution in [0.15, 0.2) is 0 Å². The van der Waals surface area contributed by atoms with Gasteiger partial charge in [-0.25, -0.2) is 4.79 Å². The van der Waals surface area contributed by atoms with Gasteiger partial charge in [0.2, 0.25) is 5.91 Å². The molecule has 0 aromatic heterocycles. The van der Waals surface area contributed by atoms with Crippen LogP contribution in [0, 0.1) is 11.3 Å². The zero-order valence-corrected chi connectivity index (χ0v) is 6.49. The average Bonchev–Trinajstić information content (AvgIpc) is 2.55. The van der Waals surface area contributed by atoms with E-state index < -0.39 is 11.5 Å². The highest BCUT2D eigenvalue weighted by Crippen LogP contribution is 2.57. The monoisotopic (exact) mass is 170 g/mol. The summed E-state index contributed by atoms with van der Waals surface area (Å²) in [6.45, 7) is 0.764. The zero-order valence-electron chi connectivity index (χ0n) is 6.49. The summed E-state index contributed by atoms with van der Waals surface area (Å²) >= 11 is 0. The first kappa shape index (κ1) is 7.39. The van der Waals surface area contributed by atoms with Crippen molar-refractivity contribution in [2.75, 3.05) is 13.1 Å². The molecular formula is C7H10N2O3. The van der Waals surface area contributed by atoms with Crippen LogP contribution in [0.5, 0.6) is 0 Å². The number of hydrogen-bond acceptors (Lipinski definition) is 2. The standard InChI is InChI=1S/C7H10N2O3/c8-5(10)7-1-4(7)2-9(3-7)6(11)12/h4H,1-3H2,(H2,8,10)(H,11,12)/t4-,7-/m1/s1. The Labute approximate surface area is 69.1 Å². The van der Waals surface area contributed by atoms with E-state index in [2.05, 4.69) is 0 Å². The number of rotatable bonds is 1. The lowest BCUT2D eigenvalue weighted by Crippen LogP contribution is -2.35. The number of nitrogens with two attached hydrogens (primary N) is 1. The second kappa shape index (κ2) is 1.91. The number of likely N-dealkylation sites (tertiary alicyclic amines) is 1. The van der Waals surface area contributed by atoms with E-state index >= 15 is 0 Å². The largest absolute Gasteiger partial charge is 0.465 e. The van der Waals surface area contributed by atoms with Crippen molar-refractivity contribution < 1.29 is 14.7 Å². The lowest BCUT2D eigenvalue weighted by molar-refractivity contribution is -0.123. The minimum atomic E-state index is -0.956. The quantitative estimate of drug-likeness (QED) is 0.555. The molecule has 2 aliphatic rings. The van der Waals surface area contributed by atoms with Crippen LogP contribution in [0.25, 0.3) is 0 Å². The number of carbonyl (C=O) groups is 2. The molecule has 2 fully saturated rings. The molecule has 0 radical (unpaired) electrons. The third kappa shape index (κ3) is 0.732. The van der Waals surface area contributed by atoms with E-state index in [0.717, 1.165) is 6.42 Å². The van der Waals surface area contributed by atoms with E-state index in [1.807, 2.05) is 0 Å². The molecule has 1 aliphatic carbocycles. The number of primary amides is 1. The van der Waals surface area contributed by atoms with Crippen LogP contribution in [-0.2, 0) is 4.79 Å². The Morgan fingerprint density at radius 2 is 2.25 bits per heavy atom. The molecule has 1 saturated heterocycles. The van der Waals surface area contributed by atoms with Gasteiger partial charge in [-0.15, -0.1) is 0 Å². The fourth-order valence-electron chi connectivity index (χ4n) is 2.01. The van der Waals surface area contributed by atoms with E-state index in [9.17, 15) is 9.59 Å². The van der Waals surface area contributed by atoms with Gasteiger partial charge in [0, 0.05) is 13.1 Å². The van der Waals surface area contributed by atoms with Gasteiger partial charge in [0.05, 0.1) is 5.41 Å². The maximum atomic E-state index is 10.9. The SMILES string of the molecule is NC(=O)[C@@]12C[C@@H]1CN(C(=O)O)C2. The Balaban J connectivity index is 2.10. The number of nitrogens with zero attached hydrogens (tertiary/aromatic N) is 1. The number of carbonyl (C=O) groups excluding carboxylic acids is 1. The Morgan fingerprint density at radius 3 is 2.58 bits per heavy atom. The molecule has 1 heterocycles. The van der Waals surface area contributed by atoms with Crippen LogP contribution in [0.3, 0.4) is 0 Å². The van der Waals surface area contributed by atoms with Gasteiger partial charge in [-0.1, -0.05) is 0 Å². The molecule has 2 rings (SSSR count). The minimum Gasteiger partial charge on any atom is -0.465 e. The zero-order chi connectivity index (χ0) is 8.93. The van der Waals surface area contributed by atoms with Gasteiger partial charge in [0.15, 0.2) is 0 Å². The van der Waals surface area contributed by atoms with E-state index in [0.29, 0.717) is 13.1 Å². The minimum absolute atomic E-state index is 0.186. The number of amides is 2. The molecule has 1 saturated carbocycles. The summed E-state index contributed by atoms with van der Waals surface area (Å²) in [6.07, 6.45) is -0.186. The van der Waals surface area contributed by atoms with Crippen LogP contribution >= 0.6 is 0 Å². The van der Waals surface area contributed by atoms with Gasteiger partial charge in [-0.3, -0.25) is 4.79 Å². The molecule has 5 heteroatoms. The number of piperidine rings is 1. The van der Waals surface area contributed by atoms with E-state index in [4.69, 9.17) is 10.8 Å². The summed E-state index contributed by atoms with van der Waals surface area (Å²) in [5.74, 6) is -0.164. The van der Waals surface area contributed by atoms with Crippen molar-refractivity contribution in [3.63, 3.8) is 0 Å². The van der Waals surface area contributed by atoms with Crippen molar-refractivity contribution in [1.82, 2.24) is 4.90 Å². The lowest BCUT2D eigenvalue weighted by atomic mass is 10.1. The Kier molecular flexibility index (Phi) is 1.18. The smallest absolute Gasteiger partial charge is 0.407 e. The molecule has 0 aromatic rings. The van der Waals surface area contributed by atoms with Gasteiger partial charge in [0.1, 0.15) is 0 Å². The highest BCUT2D eigenvalue weighted by Gasteiger charge is 2.65. The second-order valence-electron chi connectivity index (χ2n) is 3.58. The maximum absolute atomic E-state index is 10.9. The topological polar surface area (TPSA) is 83.6 Å². The maximum Gasteiger partial charge on any atom is 0.407 e. The van der Waals surface area contributed by atoms with Crippen molar-refractivity contribution in [3.05, 3.63) is 0 Å². The van der Waals surface area contributed by atoms with Crippen LogP contribution in [0.2, 0.25) is 0 Å². The molecule has 5 nitrogen and oxygen atoms in total. The van der Waals surface area contributed by atoms with Crippen LogP contribution < -0.4 is 5.73 Å². The molecular weight excluding hydrogens is 160 g/mol. The van der Waals surface area contributed by atoms with E-state index in [1.165, 1.54) is 4.90 Å². The van der Waals surface area contributed by atoms with Crippen LogP contribution in [-0.4, -0.2) is 35.1 Å². The summed E-state index contributed by atoms with van der Waals surface area (Å²) in [7, 11) is 0. The Hall–Kier alpha value is -1.26. The molecule has 0 aromatic carbocycles. The predicted octanol–water partition coefficient (Wildman–Crippen LogP) is -0.528. The molecule has 66 valence electrons. The first-order chi connectivity index (χ1) is 5.56. The summed E-state index contributed by atoms with van der Waals surface area (Å²) in [4.78, 5) is 22.7. The first-order valence-corrected chi connectivity index (χ1v) is 3.84. The van der Waals surface area contributed by atoms with Gasteiger partial charge in [-0.2, -0.15) is 0 Å². The highest BCUT2D eigenvalue weighted by atomic mass is 16.4. The lowest BCUT2D eigenvalue weighted by Gasteiger charge is -2.15. The van der Waals surface area contributed by atoms with Crippen molar-refractivity contribution >= 4 is 12.0 Å². The third-order valence-electron chi connectivity index (χ3n) is 2.91. The molecule has 0 unspecified atom stereocenters.